The van der Waals surface area contributed by atoms with Gasteiger partial charge in [0, 0.05) is 20.1 Å². The highest BCUT2D eigenvalue weighted by Gasteiger charge is 2.32. The van der Waals surface area contributed by atoms with Crippen molar-refractivity contribution in [2.45, 2.75) is 12.2 Å². The molecule has 0 saturated carbocycles. The lowest BCUT2D eigenvalue weighted by molar-refractivity contribution is -0.139. The van der Waals surface area contributed by atoms with Crippen LogP contribution in [0.15, 0.2) is 0 Å². The third-order valence-electron chi connectivity index (χ3n) is 2.09. The molecule has 15 heavy (non-hydrogen) atoms. The summed E-state index contributed by atoms with van der Waals surface area (Å²) in [5.74, 6) is -0.744. The van der Waals surface area contributed by atoms with Crippen LogP contribution in [-0.2, 0) is 19.6 Å². The molecule has 0 bridgehead atoms. The van der Waals surface area contributed by atoms with Gasteiger partial charge in [0.2, 0.25) is 10.0 Å². The zero-order chi connectivity index (χ0) is 12.1. The van der Waals surface area contributed by atoms with E-state index in [1.807, 2.05) is 0 Å². The molecule has 0 aliphatic heterocycles. The first-order valence-corrected chi connectivity index (χ1v) is 6.05. The topological polar surface area (TPSA) is 75.7 Å². The fourth-order valence-electron chi connectivity index (χ4n) is 0.954. The number of hydrogen-bond donors (Lipinski definition) is 1. The summed E-state index contributed by atoms with van der Waals surface area (Å²) in [4.78, 5) is 11.1. The first-order chi connectivity index (χ1) is 6.87. The Morgan fingerprint density at radius 3 is 2.47 bits per heavy atom. The average Bonchev–Trinajstić information content (AvgIpc) is 2.23. The van der Waals surface area contributed by atoms with Gasteiger partial charge in [-0.2, -0.15) is 0 Å². The fraction of sp³-hybridized carbons (Fsp3) is 0.875. The van der Waals surface area contributed by atoms with E-state index in [1.165, 1.54) is 21.1 Å². The lowest BCUT2D eigenvalue weighted by Gasteiger charge is -2.20. The molecule has 0 aliphatic rings. The summed E-state index contributed by atoms with van der Waals surface area (Å²) in [7, 11) is 0.728. The average molecular weight is 238 g/mol. The van der Waals surface area contributed by atoms with Gasteiger partial charge in [0.1, 0.15) is 0 Å². The van der Waals surface area contributed by atoms with Crippen LogP contribution < -0.4 is 5.32 Å². The Balaban J connectivity index is 4.59. The van der Waals surface area contributed by atoms with Crippen molar-refractivity contribution in [3.63, 3.8) is 0 Å². The van der Waals surface area contributed by atoms with E-state index in [4.69, 9.17) is 0 Å². The maximum Gasteiger partial charge on any atom is 0.325 e. The van der Waals surface area contributed by atoms with Crippen molar-refractivity contribution in [3.8, 4) is 0 Å². The standard InChI is InChI=1S/C8H18N2O4S/c1-7(8(11)14-4)15(12,13)10(3)6-5-9-2/h7,9H,5-6H2,1-4H3. The smallest absolute Gasteiger partial charge is 0.325 e. The molecule has 0 amide bonds. The van der Waals surface area contributed by atoms with E-state index < -0.39 is 21.2 Å². The molecule has 7 heteroatoms. The Labute approximate surface area is 90.6 Å². The molecule has 0 aliphatic carbocycles. The summed E-state index contributed by atoms with van der Waals surface area (Å²) >= 11 is 0. The lowest BCUT2D eigenvalue weighted by Crippen LogP contribution is -2.41. The van der Waals surface area contributed by atoms with E-state index in [-0.39, 0.29) is 0 Å². The third kappa shape index (κ3) is 3.77. The maximum atomic E-state index is 11.7. The molecule has 0 spiro atoms. The summed E-state index contributed by atoms with van der Waals surface area (Å²) in [6.45, 7) is 2.17. The van der Waals surface area contributed by atoms with Crippen molar-refractivity contribution < 1.29 is 17.9 Å². The summed E-state index contributed by atoms with van der Waals surface area (Å²) in [5.41, 5.74) is 0. The van der Waals surface area contributed by atoms with Crippen molar-refractivity contribution in [1.29, 1.82) is 0 Å². The molecule has 0 aromatic rings. The minimum Gasteiger partial charge on any atom is -0.468 e. The van der Waals surface area contributed by atoms with Crippen molar-refractivity contribution in [3.05, 3.63) is 0 Å². The number of hydrogen-bond acceptors (Lipinski definition) is 5. The Bertz CT molecular complexity index is 302. The molecule has 0 saturated heterocycles. The quantitative estimate of drug-likeness (QED) is 0.602. The number of esters is 1. The zero-order valence-corrected chi connectivity index (χ0v) is 10.3. The Morgan fingerprint density at radius 2 is 2.07 bits per heavy atom. The van der Waals surface area contributed by atoms with Gasteiger partial charge in [-0.05, 0) is 14.0 Å². The van der Waals surface area contributed by atoms with Crippen LogP contribution in [0, 0.1) is 0 Å². The van der Waals surface area contributed by atoms with Crippen molar-refractivity contribution in [2.75, 3.05) is 34.3 Å². The number of carbonyl (C=O) groups is 1. The highest BCUT2D eigenvalue weighted by molar-refractivity contribution is 7.90. The van der Waals surface area contributed by atoms with Gasteiger partial charge in [0.05, 0.1) is 7.11 Å². The highest BCUT2D eigenvalue weighted by atomic mass is 32.2. The SMILES string of the molecule is CNCCN(C)S(=O)(=O)C(C)C(=O)OC. The van der Waals surface area contributed by atoms with E-state index in [0.29, 0.717) is 13.1 Å². The number of ether oxygens (including phenoxy) is 1. The van der Waals surface area contributed by atoms with Crippen molar-refractivity contribution in [1.82, 2.24) is 9.62 Å². The molecule has 0 rings (SSSR count). The van der Waals surface area contributed by atoms with Gasteiger partial charge in [-0.15, -0.1) is 0 Å². The van der Waals surface area contributed by atoms with Crippen molar-refractivity contribution >= 4 is 16.0 Å². The number of nitrogens with zero attached hydrogens (tertiary/aromatic N) is 1. The van der Waals surface area contributed by atoms with E-state index in [9.17, 15) is 13.2 Å². The number of carbonyl (C=O) groups excluding carboxylic acids is 1. The minimum absolute atomic E-state index is 0.320. The number of methoxy groups -OCH3 is 1. The first kappa shape index (κ1) is 14.3. The van der Waals surface area contributed by atoms with Gasteiger partial charge in [-0.1, -0.05) is 0 Å². The molecule has 6 nitrogen and oxygen atoms in total. The maximum absolute atomic E-state index is 11.7. The van der Waals surface area contributed by atoms with E-state index in [2.05, 4.69) is 10.1 Å². The van der Waals surface area contributed by atoms with E-state index in [1.54, 1.807) is 7.05 Å². The van der Waals surface area contributed by atoms with Crippen LogP contribution in [0.25, 0.3) is 0 Å². The summed E-state index contributed by atoms with van der Waals surface area (Å²) in [6.07, 6.45) is 0. The van der Waals surface area contributed by atoms with E-state index >= 15 is 0 Å². The molecular weight excluding hydrogens is 220 g/mol. The monoisotopic (exact) mass is 238 g/mol. The van der Waals surface area contributed by atoms with E-state index in [0.717, 1.165) is 4.31 Å². The summed E-state index contributed by atoms with van der Waals surface area (Å²) in [5, 5.41) is 1.67. The molecule has 1 atom stereocenters. The van der Waals surface area contributed by atoms with Crippen LogP contribution >= 0.6 is 0 Å². The van der Waals surface area contributed by atoms with Crippen molar-refractivity contribution in [2.24, 2.45) is 0 Å². The van der Waals surface area contributed by atoms with Crippen LogP contribution in [0.2, 0.25) is 0 Å². The van der Waals surface area contributed by atoms with Crippen LogP contribution in [0.4, 0.5) is 0 Å². The fourth-order valence-corrected chi connectivity index (χ4v) is 2.18. The summed E-state index contributed by atoms with van der Waals surface area (Å²) < 4.78 is 29.0. The molecule has 1 N–H and O–H groups in total. The molecule has 1 unspecified atom stereocenters. The van der Waals surface area contributed by atoms with Gasteiger partial charge in [-0.25, -0.2) is 12.7 Å². The van der Waals surface area contributed by atoms with Gasteiger partial charge < -0.3 is 10.1 Å². The predicted molar refractivity (Wildman–Crippen MR) is 57.0 cm³/mol. The molecular formula is C8H18N2O4S. The second kappa shape index (κ2) is 6.04. The van der Waals surface area contributed by atoms with Crippen LogP contribution in [0.1, 0.15) is 6.92 Å². The Hall–Kier alpha value is -0.660. The molecule has 0 aromatic heterocycles. The number of nitrogens with one attached hydrogen (secondary N) is 1. The van der Waals surface area contributed by atoms with Crippen LogP contribution in [-0.4, -0.2) is 58.2 Å². The lowest BCUT2D eigenvalue weighted by atomic mass is 10.5. The summed E-state index contributed by atoms with van der Waals surface area (Å²) in [6, 6.07) is 0. The van der Waals surface area contributed by atoms with Gasteiger partial charge in [0.15, 0.2) is 5.25 Å². The number of likely N-dealkylation sites (N-methyl/N-ethyl adjacent to an activating group) is 2. The molecule has 0 radical (unpaired) electrons. The number of sulfonamides is 1. The van der Waals surface area contributed by atoms with Gasteiger partial charge >= 0.3 is 5.97 Å². The molecule has 0 fully saturated rings. The largest absolute Gasteiger partial charge is 0.468 e. The Kier molecular flexibility index (Phi) is 5.77. The predicted octanol–water partition coefficient (Wildman–Crippen LogP) is -0.971. The molecule has 0 heterocycles. The van der Waals surface area contributed by atoms with Crippen LogP contribution in [0.5, 0.6) is 0 Å². The minimum atomic E-state index is -3.60. The van der Waals surface area contributed by atoms with Gasteiger partial charge in [-0.3, -0.25) is 4.79 Å². The molecule has 0 aromatic carbocycles. The second-order valence-corrected chi connectivity index (χ2v) is 5.50. The first-order valence-electron chi connectivity index (χ1n) is 4.55. The number of rotatable bonds is 6. The highest BCUT2D eigenvalue weighted by Crippen LogP contribution is 2.07. The second-order valence-electron chi connectivity index (χ2n) is 3.14. The van der Waals surface area contributed by atoms with Gasteiger partial charge in [0.25, 0.3) is 0 Å². The third-order valence-corrected chi connectivity index (χ3v) is 4.23. The van der Waals surface area contributed by atoms with Crippen LogP contribution in [0.3, 0.4) is 0 Å². The normalized spacial score (nSPS) is 13.9. The Morgan fingerprint density at radius 1 is 1.53 bits per heavy atom. The zero-order valence-electron chi connectivity index (χ0n) is 9.48. The molecule has 90 valence electrons.